The molecule has 0 saturated carbocycles. The van der Waals surface area contributed by atoms with Gasteiger partial charge in [-0.25, -0.2) is 4.79 Å². The van der Waals surface area contributed by atoms with Gasteiger partial charge in [-0.2, -0.15) is 0 Å². The molecule has 0 fully saturated rings. The highest BCUT2D eigenvalue weighted by molar-refractivity contribution is 5.95. The lowest BCUT2D eigenvalue weighted by Crippen LogP contribution is -2.34. The van der Waals surface area contributed by atoms with E-state index in [0.717, 1.165) is 11.1 Å². The molecule has 0 heterocycles. The highest BCUT2D eigenvalue weighted by Crippen LogP contribution is 2.10. The maximum Gasteiger partial charge on any atom is 0.319 e. The number of nitrogens with one attached hydrogen (secondary N) is 3. The van der Waals surface area contributed by atoms with E-state index >= 15 is 0 Å². The van der Waals surface area contributed by atoms with Crippen LogP contribution in [0.4, 0.5) is 10.5 Å². The van der Waals surface area contributed by atoms with Gasteiger partial charge in [0.1, 0.15) is 7.11 Å². The SMILES string of the molecule is CO/N=C/c1ccc(C(=O)NCc2ccc(NC(=O)NC(C)C)cc2)cc1. The summed E-state index contributed by atoms with van der Waals surface area (Å²) in [5, 5.41) is 12.1. The lowest BCUT2D eigenvalue weighted by molar-refractivity contribution is 0.0951. The average Bonchev–Trinajstić information content (AvgIpc) is 2.65. The first-order valence-electron chi connectivity index (χ1n) is 8.59. The second kappa shape index (κ2) is 9.96. The van der Waals surface area contributed by atoms with Crippen LogP contribution < -0.4 is 16.0 Å². The first kappa shape index (κ1) is 20.0. The number of hydrogen-bond acceptors (Lipinski definition) is 4. The lowest BCUT2D eigenvalue weighted by atomic mass is 10.1. The molecule has 2 rings (SSSR count). The summed E-state index contributed by atoms with van der Waals surface area (Å²) in [4.78, 5) is 28.5. The van der Waals surface area contributed by atoms with E-state index in [1.807, 2.05) is 26.0 Å². The number of benzene rings is 2. The van der Waals surface area contributed by atoms with Gasteiger partial charge in [0.15, 0.2) is 0 Å². The van der Waals surface area contributed by atoms with E-state index < -0.39 is 0 Å². The van der Waals surface area contributed by atoms with Crippen LogP contribution in [0.3, 0.4) is 0 Å². The van der Waals surface area contributed by atoms with E-state index in [2.05, 4.69) is 25.9 Å². The molecule has 0 spiro atoms. The van der Waals surface area contributed by atoms with Crippen molar-refractivity contribution < 1.29 is 14.4 Å². The average molecular weight is 368 g/mol. The fourth-order valence-corrected chi connectivity index (χ4v) is 2.25. The van der Waals surface area contributed by atoms with E-state index in [0.29, 0.717) is 17.8 Å². The van der Waals surface area contributed by atoms with Crippen molar-refractivity contribution in [3.63, 3.8) is 0 Å². The number of rotatable bonds is 7. The molecular weight excluding hydrogens is 344 g/mol. The van der Waals surface area contributed by atoms with E-state index in [-0.39, 0.29) is 18.0 Å². The largest absolute Gasteiger partial charge is 0.399 e. The molecule has 7 heteroatoms. The van der Waals surface area contributed by atoms with Gasteiger partial charge in [0.2, 0.25) is 0 Å². The second-order valence-electron chi connectivity index (χ2n) is 6.17. The summed E-state index contributed by atoms with van der Waals surface area (Å²) in [6, 6.07) is 14.2. The van der Waals surface area contributed by atoms with Crippen molar-refractivity contribution in [3.8, 4) is 0 Å². The number of amides is 3. The first-order valence-corrected chi connectivity index (χ1v) is 8.59. The molecule has 3 amide bonds. The Hall–Kier alpha value is -3.35. The minimum atomic E-state index is -0.245. The molecule has 0 unspecified atom stereocenters. The summed E-state index contributed by atoms with van der Waals surface area (Å²) in [6.45, 7) is 4.18. The third-order valence-electron chi connectivity index (χ3n) is 3.56. The molecule has 2 aromatic rings. The van der Waals surface area contributed by atoms with Crippen LogP contribution in [0.15, 0.2) is 53.7 Å². The fraction of sp³-hybridized carbons (Fsp3) is 0.250. The highest BCUT2D eigenvalue weighted by atomic mass is 16.6. The molecular formula is C20H24N4O3. The summed E-state index contributed by atoms with van der Waals surface area (Å²) >= 11 is 0. The molecule has 0 radical (unpaired) electrons. The van der Waals surface area contributed by atoms with Gasteiger partial charge in [-0.3, -0.25) is 4.79 Å². The lowest BCUT2D eigenvalue weighted by Gasteiger charge is -2.11. The molecule has 0 aliphatic rings. The van der Waals surface area contributed by atoms with E-state index in [9.17, 15) is 9.59 Å². The number of anilines is 1. The molecule has 2 aromatic carbocycles. The van der Waals surface area contributed by atoms with Crippen molar-refractivity contribution in [1.82, 2.24) is 10.6 Å². The Kier molecular flexibility index (Phi) is 7.37. The predicted octanol–water partition coefficient (Wildman–Crippen LogP) is 3.13. The third-order valence-corrected chi connectivity index (χ3v) is 3.56. The smallest absolute Gasteiger partial charge is 0.319 e. The quantitative estimate of drug-likeness (QED) is 0.518. The summed E-state index contributed by atoms with van der Waals surface area (Å²) in [5.74, 6) is -0.163. The number of hydrogen-bond donors (Lipinski definition) is 3. The van der Waals surface area contributed by atoms with Crippen molar-refractivity contribution in [2.24, 2.45) is 5.16 Å². The summed E-state index contributed by atoms with van der Waals surface area (Å²) < 4.78 is 0. The Morgan fingerprint density at radius 2 is 1.74 bits per heavy atom. The predicted molar refractivity (Wildman–Crippen MR) is 106 cm³/mol. The van der Waals surface area contributed by atoms with Crippen LogP contribution >= 0.6 is 0 Å². The van der Waals surface area contributed by atoms with Gasteiger partial charge in [0.05, 0.1) is 6.21 Å². The Morgan fingerprint density at radius 3 is 2.33 bits per heavy atom. The van der Waals surface area contributed by atoms with Crippen molar-refractivity contribution >= 4 is 23.8 Å². The van der Waals surface area contributed by atoms with Crippen molar-refractivity contribution in [2.45, 2.75) is 26.4 Å². The topological polar surface area (TPSA) is 91.8 Å². The normalized spacial score (nSPS) is 10.7. The van der Waals surface area contributed by atoms with Gasteiger partial charge >= 0.3 is 6.03 Å². The molecule has 142 valence electrons. The zero-order valence-electron chi connectivity index (χ0n) is 15.7. The summed E-state index contributed by atoms with van der Waals surface area (Å²) in [7, 11) is 1.47. The zero-order chi connectivity index (χ0) is 19.6. The molecule has 3 N–H and O–H groups in total. The molecule has 0 bridgehead atoms. The minimum absolute atomic E-state index is 0.0702. The van der Waals surface area contributed by atoms with Crippen molar-refractivity contribution in [2.75, 3.05) is 12.4 Å². The molecule has 0 aliphatic carbocycles. The number of urea groups is 1. The molecule has 0 aliphatic heterocycles. The summed E-state index contributed by atoms with van der Waals surface area (Å²) in [6.07, 6.45) is 1.57. The van der Waals surface area contributed by atoms with Gasteiger partial charge in [-0.1, -0.05) is 29.4 Å². The van der Waals surface area contributed by atoms with E-state index in [4.69, 9.17) is 0 Å². The maximum absolute atomic E-state index is 12.2. The van der Waals surface area contributed by atoms with Crippen LogP contribution in [0.5, 0.6) is 0 Å². The number of carbonyl (C=O) groups excluding carboxylic acids is 2. The highest BCUT2D eigenvalue weighted by Gasteiger charge is 2.06. The van der Waals surface area contributed by atoms with Crippen molar-refractivity contribution in [3.05, 3.63) is 65.2 Å². The monoisotopic (exact) mass is 368 g/mol. The maximum atomic E-state index is 12.2. The Bertz CT molecular complexity index is 784. The van der Waals surface area contributed by atoms with Crippen LogP contribution in [0.2, 0.25) is 0 Å². The third kappa shape index (κ3) is 6.81. The molecule has 7 nitrogen and oxygen atoms in total. The van der Waals surface area contributed by atoms with Gasteiger partial charge < -0.3 is 20.8 Å². The Labute approximate surface area is 158 Å². The minimum Gasteiger partial charge on any atom is -0.399 e. The fourth-order valence-electron chi connectivity index (χ4n) is 2.25. The number of nitrogens with zero attached hydrogens (tertiary/aromatic N) is 1. The standard InChI is InChI=1S/C20H24N4O3/c1-14(2)23-20(26)24-18-10-6-15(7-11-18)12-21-19(25)17-8-4-16(5-9-17)13-22-27-3/h4-11,13-14H,12H2,1-3H3,(H,21,25)(H2,23,24,26)/b22-13+. The Balaban J connectivity index is 1.86. The zero-order valence-corrected chi connectivity index (χ0v) is 15.7. The van der Waals surface area contributed by atoms with Crippen LogP contribution in [0.25, 0.3) is 0 Å². The second-order valence-corrected chi connectivity index (χ2v) is 6.17. The molecule has 0 saturated heterocycles. The van der Waals surface area contributed by atoms with Gasteiger partial charge in [0, 0.05) is 23.8 Å². The van der Waals surface area contributed by atoms with Crippen LogP contribution in [-0.2, 0) is 11.4 Å². The van der Waals surface area contributed by atoms with E-state index in [1.165, 1.54) is 7.11 Å². The Morgan fingerprint density at radius 1 is 1.07 bits per heavy atom. The first-order chi connectivity index (χ1) is 13.0. The van der Waals surface area contributed by atoms with Crippen LogP contribution in [-0.4, -0.2) is 31.3 Å². The van der Waals surface area contributed by atoms with Gasteiger partial charge in [-0.15, -0.1) is 0 Å². The van der Waals surface area contributed by atoms with Gasteiger partial charge in [-0.05, 0) is 49.2 Å². The van der Waals surface area contributed by atoms with E-state index in [1.54, 1.807) is 42.6 Å². The molecule has 0 aromatic heterocycles. The number of carbonyl (C=O) groups is 2. The summed E-state index contributed by atoms with van der Waals surface area (Å²) in [5.41, 5.74) is 3.03. The molecule has 27 heavy (non-hydrogen) atoms. The number of oxime groups is 1. The van der Waals surface area contributed by atoms with Crippen molar-refractivity contribution in [1.29, 1.82) is 0 Å². The molecule has 0 atom stereocenters. The van der Waals surface area contributed by atoms with Gasteiger partial charge in [0.25, 0.3) is 5.91 Å². The van der Waals surface area contributed by atoms with Crippen LogP contribution in [0, 0.1) is 0 Å². The van der Waals surface area contributed by atoms with Crippen LogP contribution in [0.1, 0.15) is 35.3 Å².